The molecule has 0 aliphatic heterocycles. The van der Waals surface area contributed by atoms with E-state index >= 15 is 0 Å². The molecule has 40 heavy (non-hydrogen) atoms. The molecule has 3 aromatic rings. The maximum atomic E-state index is 13.7. The Morgan fingerprint density at radius 2 is 1.75 bits per heavy atom. The van der Waals surface area contributed by atoms with E-state index in [2.05, 4.69) is 4.84 Å². The highest BCUT2D eigenvalue weighted by molar-refractivity contribution is 7.98. The van der Waals surface area contributed by atoms with Crippen LogP contribution in [0, 0.1) is 10.1 Å². The Morgan fingerprint density at radius 1 is 1.05 bits per heavy atom. The molecule has 1 aliphatic rings. The Hall–Kier alpha value is -4.25. The summed E-state index contributed by atoms with van der Waals surface area (Å²) in [6.45, 7) is -0.207. The first kappa shape index (κ1) is 28.8. The number of thioether (sulfide) groups is 1. The predicted octanol–water partition coefficient (Wildman–Crippen LogP) is 4.93. The van der Waals surface area contributed by atoms with Gasteiger partial charge in [-0.1, -0.05) is 18.2 Å². The fourth-order valence-electron chi connectivity index (χ4n) is 5.06. The third-order valence-electron chi connectivity index (χ3n) is 7.01. The fraction of sp³-hybridized carbons (Fsp3) is 0.310. The van der Waals surface area contributed by atoms with Crippen molar-refractivity contribution in [2.45, 2.75) is 30.4 Å². The number of rotatable bonds is 9. The maximum absolute atomic E-state index is 13.7. The van der Waals surface area contributed by atoms with E-state index in [-0.39, 0.29) is 17.9 Å². The van der Waals surface area contributed by atoms with Crippen LogP contribution < -0.4 is 19.6 Å². The van der Waals surface area contributed by atoms with Gasteiger partial charge in [0.2, 0.25) is 5.75 Å². The zero-order chi connectivity index (χ0) is 29.0. The highest BCUT2D eigenvalue weighted by atomic mass is 32.2. The number of carbonyl (C=O) groups excluding carboxylic acids is 1. The van der Waals surface area contributed by atoms with Gasteiger partial charge in [-0.05, 0) is 71.7 Å². The van der Waals surface area contributed by atoms with E-state index in [1.807, 2.05) is 18.4 Å². The zero-order valence-corrected chi connectivity index (χ0v) is 23.7. The van der Waals surface area contributed by atoms with Crippen molar-refractivity contribution < 1.29 is 28.9 Å². The van der Waals surface area contributed by atoms with Crippen LogP contribution in [0.2, 0.25) is 0 Å². The first-order chi connectivity index (χ1) is 19.2. The Morgan fingerprint density at radius 3 is 2.35 bits per heavy atom. The Labute approximate surface area is 235 Å². The molecule has 1 amide bonds. The average Bonchev–Trinajstić information content (AvgIpc) is 3.21. The van der Waals surface area contributed by atoms with Gasteiger partial charge >= 0.3 is 0 Å². The molecule has 4 rings (SSSR count). The quantitative estimate of drug-likeness (QED) is 0.202. The van der Waals surface area contributed by atoms with E-state index in [4.69, 9.17) is 14.2 Å². The summed E-state index contributed by atoms with van der Waals surface area (Å²) in [5.74, 6) is 1.20. The van der Waals surface area contributed by atoms with Crippen LogP contribution in [-0.2, 0) is 17.9 Å². The van der Waals surface area contributed by atoms with Crippen molar-refractivity contribution in [1.29, 1.82) is 0 Å². The smallest absolute Gasteiger partial charge is 0.294 e. The number of hydrogen-bond acceptors (Lipinski definition) is 9. The summed E-state index contributed by atoms with van der Waals surface area (Å²) in [6, 6.07) is 13.2. The third-order valence-corrected chi connectivity index (χ3v) is 7.79. The number of benzene rings is 2. The topological polar surface area (TPSA) is 117 Å². The first-order valence-electron chi connectivity index (χ1n) is 12.4. The van der Waals surface area contributed by atoms with E-state index in [9.17, 15) is 19.7 Å². The standard InChI is InChI=1S/C29H30N2O8S/c1-30(29(33)18-8-6-17(7-9-18)16-39-31(34)35)22-12-10-19-14-24(36-2)27(37-3)28(38-4)26(19)20-11-13-25(40-5)23(32)15-21(20)22/h6-9,11,13-15,22H,10,12,16H2,1-5H3. The van der Waals surface area contributed by atoms with E-state index < -0.39 is 11.1 Å². The molecule has 0 saturated carbocycles. The van der Waals surface area contributed by atoms with E-state index in [0.717, 1.165) is 16.7 Å². The van der Waals surface area contributed by atoms with Gasteiger partial charge in [0.05, 0.1) is 32.3 Å². The van der Waals surface area contributed by atoms with E-state index in [1.54, 1.807) is 69.7 Å². The summed E-state index contributed by atoms with van der Waals surface area (Å²) in [4.78, 5) is 44.0. The van der Waals surface area contributed by atoms with Gasteiger partial charge in [-0.2, -0.15) is 0 Å². The highest BCUT2D eigenvalue weighted by Gasteiger charge is 2.32. The number of hydrogen-bond donors (Lipinski definition) is 0. The van der Waals surface area contributed by atoms with Crippen LogP contribution in [0.4, 0.5) is 0 Å². The van der Waals surface area contributed by atoms with Gasteiger partial charge in [0.25, 0.3) is 11.0 Å². The number of fused-ring (bicyclic) bond motifs is 3. The van der Waals surface area contributed by atoms with E-state index in [1.165, 1.54) is 11.8 Å². The minimum atomic E-state index is -0.860. The average molecular weight is 567 g/mol. The molecule has 0 N–H and O–H groups in total. The van der Waals surface area contributed by atoms with Crippen molar-refractivity contribution in [2.75, 3.05) is 34.6 Å². The summed E-state index contributed by atoms with van der Waals surface area (Å²) in [5, 5.41) is 9.64. The second-order valence-corrected chi connectivity index (χ2v) is 9.97. The second kappa shape index (κ2) is 12.3. The summed E-state index contributed by atoms with van der Waals surface area (Å²) < 4.78 is 17.1. The van der Waals surface area contributed by atoms with Crippen LogP contribution in [-0.4, -0.2) is 50.5 Å². The molecule has 0 aromatic heterocycles. The lowest BCUT2D eigenvalue weighted by molar-refractivity contribution is -0.763. The number of carbonyl (C=O) groups is 1. The lowest BCUT2D eigenvalue weighted by atomic mass is 9.95. The molecule has 1 unspecified atom stereocenters. The predicted molar refractivity (Wildman–Crippen MR) is 151 cm³/mol. The van der Waals surface area contributed by atoms with Crippen molar-refractivity contribution in [1.82, 2.24) is 4.90 Å². The third kappa shape index (κ3) is 5.55. The van der Waals surface area contributed by atoms with Crippen LogP contribution in [0.25, 0.3) is 11.1 Å². The number of amides is 1. The molecule has 10 nitrogen and oxygen atoms in total. The Bertz CT molecular complexity index is 1490. The summed E-state index contributed by atoms with van der Waals surface area (Å²) in [6.07, 6.45) is 2.96. The molecule has 3 aromatic carbocycles. The summed E-state index contributed by atoms with van der Waals surface area (Å²) in [7, 11) is 6.38. The molecule has 0 heterocycles. The largest absolute Gasteiger partial charge is 0.493 e. The molecule has 0 fully saturated rings. The normalized spacial score (nSPS) is 13.8. The van der Waals surface area contributed by atoms with Gasteiger partial charge in [-0.3, -0.25) is 9.59 Å². The Kier molecular flexibility index (Phi) is 8.83. The molecule has 0 radical (unpaired) electrons. The van der Waals surface area contributed by atoms with Gasteiger partial charge in [0.15, 0.2) is 16.9 Å². The van der Waals surface area contributed by atoms with E-state index in [0.29, 0.717) is 51.7 Å². The molecular formula is C29H30N2O8S. The van der Waals surface area contributed by atoms with Gasteiger partial charge in [0.1, 0.15) is 6.61 Å². The minimum Gasteiger partial charge on any atom is -0.493 e. The second-order valence-electron chi connectivity index (χ2n) is 9.12. The number of aryl methyl sites for hydroxylation is 1. The zero-order valence-electron chi connectivity index (χ0n) is 22.9. The molecule has 0 spiro atoms. The molecule has 1 atom stereocenters. The van der Waals surface area contributed by atoms with Gasteiger partial charge < -0.3 is 23.9 Å². The van der Waals surface area contributed by atoms with Gasteiger partial charge in [-0.15, -0.1) is 21.9 Å². The molecule has 1 aliphatic carbocycles. The fourth-order valence-corrected chi connectivity index (χ4v) is 5.53. The molecule has 0 bridgehead atoms. The van der Waals surface area contributed by atoms with Crippen molar-refractivity contribution in [3.8, 4) is 28.4 Å². The number of nitrogens with zero attached hydrogens (tertiary/aromatic N) is 2. The van der Waals surface area contributed by atoms with Gasteiger partial charge in [-0.25, -0.2) is 0 Å². The number of ether oxygens (including phenoxy) is 3. The lowest BCUT2D eigenvalue weighted by Crippen LogP contribution is -2.31. The maximum Gasteiger partial charge on any atom is 0.294 e. The Balaban J connectivity index is 1.84. The van der Waals surface area contributed by atoms with Crippen molar-refractivity contribution in [3.63, 3.8) is 0 Å². The lowest BCUT2D eigenvalue weighted by Gasteiger charge is -2.28. The monoisotopic (exact) mass is 566 g/mol. The van der Waals surface area contributed by atoms with Crippen LogP contribution in [0.1, 0.15) is 39.5 Å². The molecule has 210 valence electrons. The molecular weight excluding hydrogens is 536 g/mol. The highest BCUT2D eigenvalue weighted by Crippen LogP contribution is 2.50. The van der Waals surface area contributed by atoms with Crippen LogP contribution in [0.5, 0.6) is 17.2 Å². The minimum absolute atomic E-state index is 0.141. The number of methoxy groups -OCH3 is 3. The molecule has 11 heteroatoms. The van der Waals surface area contributed by atoms with Crippen molar-refractivity contribution in [2.24, 2.45) is 0 Å². The summed E-state index contributed by atoms with van der Waals surface area (Å²) in [5.41, 5.74) is 4.02. The first-order valence-corrected chi connectivity index (χ1v) is 13.6. The van der Waals surface area contributed by atoms with Crippen LogP contribution >= 0.6 is 11.8 Å². The molecule has 0 saturated heterocycles. The van der Waals surface area contributed by atoms with Crippen LogP contribution in [0.15, 0.2) is 58.2 Å². The summed E-state index contributed by atoms with van der Waals surface area (Å²) >= 11 is 1.36. The van der Waals surface area contributed by atoms with Crippen molar-refractivity contribution in [3.05, 3.63) is 91.1 Å². The van der Waals surface area contributed by atoms with Crippen LogP contribution in [0.3, 0.4) is 0 Å². The van der Waals surface area contributed by atoms with Crippen molar-refractivity contribution >= 4 is 17.7 Å². The van der Waals surface area contributed by atoms with Gasteiger partial charge in [0, 0.05) is 18.2 Å². The SMILES string of the molecule is COc1cc2c(c(OC)c1OC)-c1ccc(SC)c(=O)cc1C(N(C)C(=O)c1ccc(CO[N+](=O)[O-])cc1)CC2.